The number of anilines is 1. The second-order valence-electron chi connectivity index (χ2n) is 5.48. The highest BCUT2D eigenvalue weighted by atomic mass is 16.5. The molecule has 0 aliphatic heterocycles. The van der Waals surface area contributed by atoms with Crippen LogP contribution in [-0.4, -0.2) is 30.1 Å². The molecule has 0 atom stereocenters. The monoisotopic (exact) mass is 264 g/mol. The fourth-order valence-corrected chi connectivity index (χ4v) is 2.39. The van der Waals surface area contributed by atoms with Gasteiger partial charge in [0.1, 0.15) is 5.75 Å². The Hall–Kier alpha value is -1.22. The summed E-state index contributed by atoms with van der Waals surface area (Å²) in [6.07, 6.45) is 1.02. The van der Waals surface area contributed by atoms with Crippen molar-refractivity contribution in [3.8, 4) is 5.75 Å². The summed E-state index contributed by atoms with van der Waals surface area (Å²) >= 11 is 0. The molecule has 0 heterocycles. The van der Waals surface area contributed by atoms with Gasteiger partial charge in [0.25, 0.3) is 0 Å². The van der Waals surface area contributed by atoms with Crippen LogP contribution in [0, 0.1) is 0 Å². The van der Waals surface area contributed by atoms with Crippen molar-refractivity contribution >= 4 is 5.69 Å². The SMILES string of the molecule is CCOc1cc(CCN(C(C)C)C(C)C)ccc1N. The normalized spacial score (nSPS) is 11.6. The van der Waals surface area contributed by atoms with Crippen LogP contribution in [0.3, 0.4) is 0 Å². The molecule has 3 nitrogen and oxygen atoms in total. The van der Waals surface area contributed by atoms with E-state index < -0.39 is 0 Å². The molecule has 1 rings (SSSR count). The van der Waals surface area contributed by atoms with Gasteiger partial charge in [0.05, 0.1) is 12.3 Å². The van der Waals surface area contributed by atoms with Crippen LogP contribution < -0.4 is 10.5 Å². The Labute approximate surface area is 117 Å². The van der Waals surface area contributed by atoms with Crippen LogP contribution in [0.2, 0.25) is 0 Å². The van der Waals surface area contributed by atoms with E-state index >= 15 is 0 Å². The first-order valence-corrected chi connectivity index (χ1v) is 7.22. The van der Waals surface area contributed by atoms with Crippen molar-refractivity contribution < 1.29 is 4.74 Å². The van der Waals surface area contributed by atoms with Crippen molar-refractivity contribution in [2.24, 2.45) is 0 Å². The molecule has 1 aromatic rings. The van der Waals surface area contributed by atoms with E-state index in [1.165, 1.54) is 5.56 Å². The van der Waals surface area contributed by atoms with Crippen LogP contribution in [0.1, 0.15) is 40.2 Å². The van der Waals surface area contributed by atoms with Gasteiger partial charge in [0.2, 0.25) is 0 Å². The van der Waals surface area contributed by atoms with E-state index in [1.807, 2.05) is 13.0 Å². The Morgan fingerprint density at radius 3 is 2.32 bits per heavy atom. The Morgan fingerprint density at radius 1 is 1.16 bits per heavy atom. The summed E-state index contributed by atoms with van der Waals surface area (Å²) in [6, 6.07) is 7.24. The third kappa shape index (κ3) is 4.75. The molecule has 0 amide bonds. The van der Waals surface area contributed by atoms with Gasteiger partial charge in [-0.25, -0.2) is 0 Å². The third-order valence-electron chi connectivity index (χ3n) is 3.36. The standard InChI is InChI=1S/C16H28N2O/c1-6-19-16-11-14(7-8-15(16)17)9-10-18(12(2)3)13(4)5/h7-8,11-13H,6,9-10,17H2,1-5H3. The summed E-state index contributed by atoms with van der Waals surface area (Å²) < 4.78 is 5.54. The number of benzene rings is 1. The molecule has 0 aliphatic rings. The summed E-state index contributed by atoms with van der Waals surface area (Å²) in [5.41, 5.74) is 7.89. The first-order chi connectivity index (χ1) is 8.95. The van der Waals surface area contributed by atoms with E-state index in [4.69, 9.17) is 10.5 Å². The number of ether oxygens (including phenoxy) is 1. The van der Waals surface area contributed by atoms with E-state index in [9.17, 15) is 0 Å². The lowest BCUT2D eigenvalue weighted by Gasteiger charge is -2.30. The number of nitrogens with zero attached hydrogens (tertiary/aromatic N) is 1. The van der Waals surface area contributed by atoms with E-state index in [0.717, 1.165) is 24.4 Å². The van der Waals surface area contributed by atoms with Crippen LogP contribution >= 0.6 is 0 Å². The Balaban J connectivity index is 2.69. The maximum absolute atomic E-state index is 5.89. The molecule has 108 valence electrons. The zero-order valence-corrected chi connectivity index (χ0v) is 12.9. The number of rotatable bonds is 7. The summed E-state index contributed by atoms with van der Waals surface area (Å²) in [5.74, 6) is 0.806. The van der Waals surface area contributed by atoms with Crippen LogP contribution in [0.25, 0.3) is 0 Å². The van der Waals surface area contributed by atoms with E-state index in [2.05, 4.69) is 44.7 Å². The molecule has 0 aromatic heterocycles. The maximum Gasteiger partial charge on any atom is 0.142 e. The van der Waals surface area contributed by atoms with Crippen molar-refractivity contribution in [2.75, 3.05) is 18.9 Å². The molecule has 0 unspecified atom stereocenters. The van der Waals surface area contributed by atoms with Crippen molar-refractivity contribution in [3.63, 3.8) is 0 Å². The average Bonchev–Trinajstić information content (AvgIpc) is 2.32. The maximum atomic E-state index is 5.89. The second kappa shape index (κ2) is 7.39. The molecule has 0 saturated heterocycles. The van der Waals surface area contributed by atoms with Gasteiger partial charge in [-0.05, 0) is 58.7 Å². The summed E-state index contributed by atoms with van der Waals surface area (Å²) in [5, 5.41) is 0. The minimum absolute atomic E-state index is 0.570. The van der Waals surface area contributed by atoms with Gasteiger partial charge in [-0.15, -0.1) is 0 Å². The van der Waals surface area contributed by atoms with Gasteiger partial charge in [-0.3, -0.25) is 4.90 Å². The molecular formula is C16H28N2O. The molecule has 0 bridgehead atoms. The minimum Gasteiger partial charge on any atom is -0.492 e. The van der Waals surface area contributed by atoms with Crippen LogP contribution in [0.15, 0.2) is 18.2 Å². The quantitative estimate of drug-likeness (QED) is 0.768. The predicted octanol–water partition coefficient (Wildman–Crippen LogP) is 3.33. The molecule has 19 heavy (non-hydrogen) atoms. The fourth-order valence-electron chi connectivity index (χ4n) is 2.39. The molecule has 0 radical (unpaired) electrons. The van der Waals surface area contributed by atoms with Gasteiger partial charge >= 0.3 is 0 Å². The molecule has 2 N–H and O–H groups in total. The third-order valence-corrected chi connectivity index (χ3v) is 3.36. The van der Waals surface area contributed by atoms with Crippen molar-refractivity contribution in [1.29, 1.82) is 0 Å². The zero-order valence-electron chi connectivity index (χ0n) is 12.9. The Morgan fingerprint density at radius 2 is 1.79 bits per heavy atom. The van der Waals surface area contributed by atoms with Crippen molar-refractivity contribution in [2.45, 2.75) is 53.1 Å². The highest BCUT2D eigenvalue weighted by Gasteiger charge is 2.13. The zero-order chi connectivity index (χ0) is 14.4. The predicted molar refractivity (Wildman–Crippen MR) is 82.7 cm³/mol. The van der Waals surface area contributed by atoms with E-state index in [1.54, 1.807) is 0 Å². The molecule has 3 heteroatoms. The highest BCUT2D eigenvalue weighted by Crippen LogP contribution is 2.23. The molecule has 0 aliphatic carbocycles. The fraction of sp³-hybridized carbons (Fsp3) is 0.625. The molecule has 0 saturated carbocycles. The summed E-state index contributed by atoms with van der Waals surface area (Å²) in [6.45, 7) is 12.7. The Bertz CT molecular complexity index is 380. The molecular weight excluding hydrogens is 236 g/mol. The number of hydrogen-bond acceptors (Lipinski definition) is 3. The molecule has 0 spiro atoms. The van der Waals surface area contributed by atoms with E-state index in [-0.39, 0.29) is 0 Å². The summed E-state index contributed by atoms with van der Waals surface area (Å²) in [7, 11) is 0. The van der Waals surface area contributed by atoms with Gasteiger partial charge in [-0.1, -0.05) is 6.07 Å². The highest BCUT2D eigenvalue weighted by molar-refractivity contribution is 5.54. The first-order valence-electron chi connectivity index (χ1n) is 7.22. The first kappa shape index (κ1) is 15.8. The lowest BCUT2D eigenvalue weighted by Crippen LogP contribution is -2.38. The topological polar surface area (TPSA) is 38.5 Å². The minimum atomic E-state index is 0.570. The lowest BCUT2D eigenvalue weighted by atomic mass is 10.1. The average molecular weight is 264 g/mol. The van der Waals surface area contributed by atoms with Crippen molar-refractivity contribution in [1.82, 2.24) is 4.90 Å². The summed E-state index contributed by atoms with van der Waals surface area (Å²) in [4.78, 5) is 2.50. The second-order valence-corrected chi connectivity index (χ2v) is 5.48. The molecule has 1 aromatic carbocycles. The molecule has 0 fully saturated rings. The number of hydrogen-bond donors (Lipinski definition) is 1. The van der Waals surface area contributed by atoms with Crippen LogP contribution in [-0.2, 0) is 6.42 Å². The number of nitrogens with two attached hydrogens (primary N) is 1. The van der Waals surface area contributed by atoms with Gasteiger partial charge < -0.3 is 10.5 Å². The van der Waals surface area contributed by atoms with Gasteiger partial charge in [0.15, 0.2) is 0 Å². The van der Waals surface area contributed by atoms with Gasteiger partial charge in [0, 0.05) is 18.6 Å². The largest absolute Gasteiger partial charge is 0.492 e. The number of nitrogen functional groups attached to an aromatic ring is 1. The smallest absolute Gasteiger partial charge is 0.142 e. The van der Waals surface area contributed by atoms with E-state index in [0.29, 0.717) is 18.7 Å². The van der Waals surface area contributed by atoms with Crippen LogP contribution in [0.5, 0.6) is 5.75 Å². The lowest BCUT2D eigenvalue weighted by molar-refractivity contribution is 0.177. The van der Waals surface area contributed by atoms with Gasteiger partial charge in [-0.2, -0.15) is 0 Å². The Kier molecular flexibility index (Phi) is 6.16. The van der Waals surface area contributed by atoms with Crippen molar-refractivity contribution in [3.05, 3.63) is 23.8 Å². The van der Waals surface area contributed by atoms with Crippen LogP contribution in [0.4, 0.5) is 5.69 Å².